The van der Waals surface area contributed by atoms with Gasteiger partial charge in [0.1, 0.15) is 12.2 Å². The van der Waals surface area contributed by atoms with Crippen molar-refractivity contribution in [3.05, 3.63) is 65.7 Å². The second-order valence-electron chi connectivity index (χ2n) is 9.96. The molecule has 1 N–H and O–H groups in total. The van der Waals surface area contributed by atoms with Gasteiger partial charge in [0.2, 0.25) is 0 Å². The van der Waals surface area contributed by atoms with Crippen LogP contribution < -0.4 is 4.74 Å². The number of ether oxygens (including phenoxy) is 2. The molecule has 3 aromatic rings. The molecule has 2 aromatic heterocycles. The van der Waals surface area contributed by atoms with Crippen molar-refractivity contribution in [3.8, 4) is 16.9 Å². The molecule has 0 atom stereocenters. The lowest BCUT2D eigenvalue weighted by molar-refractivity contribution is 0.0184. The van der Waals surface area contributed by atoms with E-state index in [1.807, 2.05) is 68.9 Å². The number of carboxylic acids is 1. The van der Waals surface area contributed by atoms with E-state index >= 15 is 0 Å². The predicted molar refractivity (Wildman–Crippen MR) is 134 cm³/mol. The molecule has 1 saturated heterocycles. The van der Waals surface area contributed by atoms with E-state index in [0.29, 0.717) is 18.7 Å². The Kier molecular flexibility index (Phi) is 7.28. The molecule has 3 heterocycles. The summed E-state index contributed by atoms with van der Waals surface area (Å²) < 4.78 is 13.3. The SMILES string of the molecule is Cc1c(-c2cnn(C3CCN(C(=O)OC(C)(C)C)CC3)c2)cnc(C(=O)O)c1OCc1ccccc1. The zero-order valence-corrected chi connectivity index (χ0v) is 21.1. The highest BCUT2D eigenvalue weighted by Gasteiger charge is 2.28. The fraction of sp³-hybridized carbons (Fsp3) is 0.407. The van der Waals surface area contributed by atoms with E-state index in [9.17, 15) is 14.7 Å². The topological polar surface area (TPSA) is 107 Å². The van der Waals surface area contributed by atoms with Crippen LogP contribution in [0.15, 0.2) is 48.9 Å². The van der Waals surface area contributed by atoms with Crippen LogP contribution in [0.4, 0.5) is 4.79 Å². The number of hydrogen-bond acceptors (Lipinski definition) is 6. The van der Waals surface area contributed by atoms with Gasteiger partial charge in [-0.25, -0.2) is 14.6 Å². The molecular weight excluding hydrogens is 460 g/mol. The van der Waals surface area contributed by atoms with Gasteiger partial charge in [0.15, 0.2) is 11.4 Å². The molecule has 1 fully saturated rings. The Bertz CT molecular complexity index is 1220. The summed E-state index contributed by atoms with van der Waals surface area (Å²) in [4.78, 5) is 30.1. The molecule has 0 radical (unpaired) electrons. The summed E-state index contributed by atoms with van der Waals surface area (Å²) in [5.74, 6) is -0.887. The number of nitrogens with zero attached hydrogens (tertiary/aromatic N) is 4. The fourth-order valence-electron chi connectivity index (χ4n) is 4.25. The standard InChI is InChI=1S/C27H32N4O5/c1-18-22(15-28-23(25(32)33)24(18)35-17-19-8-6-5-7-9-19)20-14-29-31(16-20)21-10-12-30(13-11-21)26(34)36-27(2,3)4/h5-9,14-16,21H,10-13,17H2,1-4H3,(H,32,33). The molecule has 36 heavy (non-hydrogen) atoms. The van der Waals surface area contributed by atoms with E-state index in [0.717, 1.165) is 29.5 Å². The highest BCUT2D eigenvalue weighted by molar-refractivity contribution is 5.90. The fourth-order valence-corrected chi connectivity index (χ4v) is 4.25. The van der Waals surface area contributed by atoms with Gasteiger partial charge in [0.25, 0.3) is 0 Å². The molecule has 0 bridgehead atoms. The maximum Gasteiger partial charge on any atom is 0.410 e. The summed E-state index contributed by atoms with van der Waals surface area (Å²) >= 11 is 0. The number of rotatable bonds is 6. The van der Waals surface area contributed by atoms with Gasteiger partial charge >= 0.3 is 12.1 Å². The normalized spacial score (nSPS) is 14.5. The first kappa shape index (κ1) is 25.2. The number of pyridine rings is 1. The zero-order valence-electron chi connectivity index (χ0n) is 21.1. The van der Waals surface area contributed by atoms with Crippen LogP contribution in [0.1, 0.15) is 61.3 Å². The van der Waals surface area contributed by atoms with E-state index in [-0.39, 0.29) is 30.2 Å². The Hall–Kier alpha value is -3.88. The molecule has 4 rings (SSSR count). The summed E-state index contributed by atoms with van der Waals surface area (Å²) in [7, 11) is 0. The number of carbonyl (C=O) groups excluding carboxylic acids is 1. The highest BCUT2D eigenvalue weighted by Crippen LogP contribution is 2.33. The smallest absolute Gasteiger partial charge is 0.410 e. The third-order valence-corrected chi connectivity index (χ3v) is 6.11. The van der Waals surface area contributed by atoms with Crippen molar-refractivity contribution in [1.82, 2.24) is 19.7 Å². The van der Waals surface area contributed by atoms with Crippen molar-refractivity contribution in [2.75, 3.05) is 13.1 Å². The summed E-state index contributed by atoms with van der Waals surface area (Å²) in [6.45, 7) is 8.85. The second kappa shape index (κ2) is 10.4. The van der Waals surface area contributed by atoms with Crippen molar-refractivity contribution >= 4 is 12.1 Å². The van der Waals surface area contributed by atoms with Crippen LogP contribution in [0, 0.1) is 6.92 Å². The number of carboxylic acid groups (broad SMARTS) is 1. The molecule has 1 aliphatic rings. The van der Waals surface area contributed by atoms with Crippen LogP contribution in [-0.2, 0) is 11.3 Å². The van der Waals surface area contributed by atoms with Gasteiger partial charge in [-0.2, -0.15) is 5.10 Å². The zero-order chi connectivity index (χ0) is 25.9. The average molecular weight is 493 g/mol. The van der Waals surface area contributed by atoms with Crippen molar-refractivity contribution in [2.24, 2.45) is 0 Å². The van der Waals surface area contributed by atoms with Crippen LogP contribution in [0.2, 0.25) is 0 Å². The highest BCUT2D eigenvalue weighted by atomic mass is 16.6. The third-order valence-electron chi connectivity index (χ3n) is 6.11. The summed E-state index contributed by atoms with van der Waals surface area (Å²) in [6.07, 6.45) is 6.50. The van der Waals surface area contributed by atoms with Gasteiger partial charge < -0.3 is 19.5 Å². The van der Waals surface area contributed by atoms with E-state index in [4.69, 9.17) is 9.47 Å². The van der Waals surface area contributed by atoms with Crippen molar-refractivity contribution in [3.63, 3.8) is 0 Å². The lowest BCUT2D eigenvalue weighted by Gasteiger charge is -2.33. The molecular formula is C27H32N4O5. The van der Waals surface area contributed by atoms with E-state index in [1.165, 1.54) is 0 Å². The molecule has 9 nitrogen and oxygen atoms in total. The Morgan fingerprint density at radius 2 is 1.81 bits per heavy atom. The van der Waals surface area contributed by atoms with Crippen LogP contribution in [0.5, 0.6) is 5.75 Å². The van der Waals surface area contributed by atoms with Gasteiger partial charge in [-0.3, -0.25) is 4.68 Å². The monoisotopic (exact) mass is 492 g/mol. The number of likely N-dealkylation sites (tertiary alicyclic amines) is 1. The van der Waals surface area contributed by atoms with Crippen LogP contribution in [-0.4, -0.2) is 55.5 Å². The molecule has 190 valence electrons. The number of aromatic nitrogens is 3. The summed E-state index contributed by atoms with van der Waals surface area (Å²) in [5, 5.41) is 14.2. The van der Waals surface area contributed by atoms with E-state index in [1.54, 1.807) is 17.3 Å². The minimum atomic E-state index is -1.14. The maximum absolute atomic E-state index is 12.4. The van der Waals surface area contributed by atoms with Crippen molar-refractivity contribution < 1.29 is 24.2 Å². The van der Waals surface area contributed by atoms with Crippen LogP contribution in [0.25, 0.3) is 11.1 Å². The average Bonchev–Trinajstić information content (AvgIpc) is 3.32. The molecule has 0 saturated carbocycles. The van der Waals surface area contributed by atoms with Crippen molar-refractivity contribution in [2.45, 2.75) is 58.8 Å². The van der Waals surface area contributed by atoms with Gasteiger partial charge in [0, 0.05) is 42.2 Å². The molecule has 1 amide bonds. The Labute approximate surface area is 210 Å². The Morgan fingerprint density at radius 1 is 1.11 bits per heavy atom. The first-order chi connectivity index (χ1) is 17.1. The predicted octanol–water partition coefficient (Wildman–Crippen LogP) is 5.10. The number of amides is 1. The maximum atomic E-state index is 12.4. The van der Waals surface area contributed by atoms with Crippen molar-refractivity contribution in [1.29, 1.82) is 0 Å². The number of piperidine rings is 1. The summed E-state index contributed by atoms with van der Waals surface area (Å²) in [5.41, 5.74) is 2.59. The van der Waals surface area contributed by atoms with Crippen LogP contribution in [0.3, 0.4) is 0 Å². The minimum absolute atomic E-state index is 0.117. The van der Waals surface area contributed by atoms with Gasteiger partial charge in [-0.1, -0.05) is 30.3 Å². The lowest BCUT2D eigenvalue weighted by Crippen LogP contribution is -2.42. The van der Waals surface area contributed by atoms with Crippen LogP contribution >= 0.6 is 0 Å². The van der Waals surface area contributed by atoms with Gasteiger partial charge in [-0.05, 0) is 46.1 Å². The Morgan fingerprint density at radius 3 is 2.44 bits per heavy atom. The van der Waals surface area contributed by atoms with E-state index in [2.05, 4.69) is 10.1 Å². The number of aromatic carboxylic acids is 1. The number of carbonyl (C=O) groups is 2. The molecule has 9 heteroatoms. The van der Waals surface area contributed by atoms with Gasteiger partial charge in [0.05, 0.1) is 12.2 Å². The summed E-state index contributed by atoms with van der Waals surface area (Å²) in [6, 6.07) is 9.72. The molecule has 0 unspecified atom stereocenters. The first-order valence-electron chi connectivity index (χ1n) is 12.0. The number of benzene rings is 1. The molecule has 0 aliphatic carbocycles. The first-order valence-corrected chi connectivity index (χ1v) is 12.0. The second-order valence-corrected chi connectivity index (χ2v) is 9.96. The molecule has 1 aromatic carbocycles. The third kappa shape index (κ3) is 5.84. The number of hydrogen-bond donors (Lipinski definition) is 1. The Balaban J connectivity index is 1.49. The minimum Gasteiger partial charge on any atom is -0.486 e. The largest absolute Gasteiger partial charge is 0.486 e. The van der Waals surface area contributed by atoms with E-state index < -0.39 is 11.6 Å². The lowest BCUT2D eigenvalue weighted by atomic mass is 10.0. The molecule has 1 aliphatic heterocycles. The quantitative estimate of drug-likeness (QED) is 0.510. The van der Waals surface area contributed by atoms with Gasteiger partial charge in [-0.15, -0.1) is 0 Å². The molecule has 0 spiro atoms.